The number of nitrogens with two attached hydrogens (primary N) is 1. The summed E-state index contributed by atoms with van der Waals surface area (Å²) in [5.74, 6) is 0. The van der Waals surface area contributed by atoms with Gasteiger partial charge in [-0.05, 0) is 23.8 Å². The molecular formula is C7H11NO6P2. The maximum atomic E-state index is 10.9. The third kappa shape index (κ3) is 4.06. The molecule has 0 aliphatic carbocycles. The van der Waals surface area contributed by atoms with E-state index in [4.69, 9.17) is 25.3 Å². The topological polar surface area (TPSA) is 141 Å². The van der Waals surface area contributed by atoms with Gasteiger partial charge >= 0.3 is 15.2 Å². The monoisotopic (exact) mass is 267 g/mol. The Morgan fingerprint density at radius 2 is 1.62 bits per heavy atom. The summed E-state index contributed by atoms with van der Waals surface area (Å²) in [5, 5.41) is -0.351. The molecule has 9 heteroatoms. The van der Waals surface area contributed by atoms with E-state index in [1.54, 1.807) is 0 Å². The number of anilines is 1. The van der Waals surface area contributed by atoms with Crippen molar-refractivity contribution in [1.29, 1.82) is 0 Å². The summed E-state index contributed by atoms with van der Waals surface area (Å²) in [5.41, 5.74) is 5.51. The first-order valence-corrected chi connectivity index (χ1v) is 7.49. The Kier molecular flexibility index (Phi) is 3.59. The van der Waals surface area contributed by atoms with E-state index in [0.29, 0.717) is 0 Å². The first-order chi connectivity index (χ1) is 7.08. The molecule has 0 atom stereocenters. The largest absolute Gasteiger partial charge is 0.399 e. The number of nitrogen functional groups attached to an aromatic ring is 1. The van der Waals surface area contributed by atoms with Crippen LogP contribution in [0.3, 0.4) is 0 Å². The second-order valence-electron chi connectivity index (χ2n) is 3.30. The van der Waals surface area contributed by atoms with Crippen LogP contribution in [0.5, 0.6) is 0 Å². The molecule has 0 aliphatic heterocycles. The first-order valence-electron chi connectivity index (χ1n) is 4.08. The Bertz CT molecular complexity index is 490. The highest BCUT2D eigenvalue weighted by Crippen LogP contribution is 2.40. The highest BCUT2D eigenvalue weighted by molar-refractivity contribution is 7.60. The molecule has 1 rings (SSSR count). The van der Waals surface area contributed by atoms with E-state index in [-0.39, 0.29) is 16.6 Å². The van der Waals surface area contributed by atoms with Crippen LogP contribution in [0.2, 0.25) is 0 Å². The second kappa shape index (κ2) is 4.30. The molecule has 0 radical (unpaired) electrons. The third-order valence-electron chi connectivity index (χ3n) is 1.72. The molecule has 0 spiro atoms. The van der Waals surface area contributed by atoms with Crippen LogP contribution in [-0.2, 0) is 15.3 Å². The van der Waals surface area contributed by atoms with Crippen molar-refractivity contribution in [1.82, 2.24) is 0 Å². The van der Waals surface area contributed by atoms with Gasteiger partial charge in [0.2, 0.25) is 0 Å². The van der Waals surface area contributed by atoms with E-state index in [0.717, 1.165) is 12.1 Å². The van der Waals surface area contributed by atoms with Crippen molar-refractivity contribution in [3.63, 3.8) is 0 Å². The number of hydrogen-bond donors (Lipinski definition) is 5. The quantitative estimate of drug-likeness (QED) is 0.375. The summed E-state index contributed by atoms with van der Waals surface area (Å²) < 4.78 is 21.7. The average molecular weight is 267 g/mol. The van der Waals surface area contributed by atoms with Gasteiger partial charge in [0.15, 0.2) is 0 Å². The van der Waals surface area contributed by atoms with Crippen molar-refractivity contribution in [3.05, 3.63) is 23.8 Å². The zero-order valence-electron chi connectivity index (χ0n) is 8.02. The van der Waals surface area contributed by atoms with Crippen LogP contribution in [0.25, 0.3) is 0 Å². The second-order valence-corrected chi connectivity index (χ2v) is 6.55. The Balaban J connectivity index is 3.19. The molecule has 0 heterocycles. The average Bonchev–Trinajstić information content (AvgIpc) is 1.97. The number of hydrogen-bond acceptors (Lipinski definition) is 3. The van der Waals surface area contributed by atoms with E-state index in [1.807, 2.05) is 0 Å². The molecule has 0 saturated carbocycles. The molecular weight excluding hydrogens is 256 g/mol. The summed E-state index contributed by atoms with van der Waals surface area (Å²) in [4.78, 5) is 35.3. The minimum absolute atomic E-state index is 0.0456. The van der Waals surface area contributed by atoms with E-state index in [1.165, 1.54) is 6.07 Å². The van der Waals surface area contributed by atoms with Gasteiger partial charge in [-0.25, -0.2) is 0 Å². The van der Waals surface area contributed by atoms with Crippen molar-refractivity contribution in [2.75, 3.05) is 5.73 Å². The zero-order chi connectivity index (χ0) is 12.6. The van der Waals surface area contributed by atoms with Crippen molar-refractivity contribution in [2.24, 2.45) is 0 Å². The van der Waals surface area contributed by atoms with Crippen LogP contribution < -0.4 is 11.0 Å². The lowest BCUT2D eigenvalue weighted by molar-refractivity contribution is 0.371. The van der Waals surface area contributed by atoms with Gasteiger partial charge in [0.1, 0.15) is 0 Å². The SMILES string of the molecule is Nc1cc(CP(=O)(O)O)cc(P(=O)(O)O)c1. The molecule has 0 fully saturated rings. The van der Waals surface area contributed by atoms with E-state index < -0.39 is 21.4 Å². The molecule has 90 valence electrons. The van der Waals surface area contributed by atoms with Crippen molar-refractivity contribution in [2.45, 2.75) is 6.16 Å². The highest BCUT2D eigenvalue weighted by Gasteiger charge is 2.21. The number of rotatable bonds is 3. The molecule has 0 aliphatic rings. The molecule has 0 aromatic heterocycles. The Morgan fingerprint density at radius 3 is 2.06 bits per heavy atom. The van der Waals surface area contributed by atoms with Crippen LogP contribution in [-0.4, -0.2) is 19.6 Å². The zero-order valence-corrected chi connectivity index (χ0v) is 9.81. The van der Waals surface area contributed by atoms with Crippen LogP contribution >= 0.6 is 15.2 Å². The van der Waals surface area contributed by atoms with E-state index >= 15 is 0 Å². The maximum Gasteiger partial charge on any atom is 0.356 e. The fourth-order valence-corrected chi connectivity index (χ4v) is 2.51. The Morgan fingerprint density at radius 1 is 1.06 bits per heavy atom. The summed E-state index contributed by atoms with van der Waals surface area (Å²) in [6, 6.07) is 3.37. The predicted octanol–water partition coefficient (Wildman–Crippen LogP) is -0.250. The fourth-order valence-electron chi connectivity index (χ4n) is 1.20. The molecule has 1 aromatic carbocycles. The fraction of sp³-hybridized carbons (Fsp3) is 0.143. The van der Waals surface area contributed by atoms with Gasteiger partial charge in [0.25, 0.3) is 0 Å². The van der Waals surface area contributed by atoms with Crippen LogP contribution in [0, 0.1) is 0 Å². The van der Waals surface area contributed by atoms with Gasteiger partial charge in [-0.3, -0.25) is 9.13 Å². The van der Waals surface area contributed by atoms with Crippen molar-refractivity contribution >= 4 is 26.2 Å². The smallest absolute Gasteiger partial charge is 0.356 e. The summed E-state index contributed by atoms with van der Waals surface area (Å²) in [6.07, 6.45) is -0.606. The molecule has 16 heavy (non-hydrogen) atoms. The molecule has 0 unspecified atom stereocenters. The Hall–Kier alpha value is -0.680. The van der Waals surface area contributed by atoms with Gasteiger partial charge in [-0.1, -0.05) is 0 Å². The summed E-state index contributed by atoms with van der Waals surface area (Å²) >= 11 is 0. The van der Waals surface area contributed by atoms with E-state index in [2.05, 4.69) is 0 Å². The predicted molar refractivity (Wildman–Crippen MR) is 58.3 cm³/mol. The summed E-state index contributed by atoms with van der Waals surface area (Å²) in [6.45, 7) is 0. The molecule has 1 aromatic rings. The first kappa shape index (κ1) is 13.4. The van der Waals surface area contributed by atoms with Crippen molar-refractivity contribution in [3.8, 4) is 0 Å². The molecule has 0 amide bonds. The normalized spacial score (nSPS) is 12.8. The van der Waals surface area contributed by atoms with Crippen molar-refractivity contribution < 1.29 is 28.7 Å². The van der Waals surface area contributed by atoms with Gasteiger partial charge in [0.05, 0.1) is 11.5 Å². The van der Waals surface area contributed by atoms with E-state index in [9.17, 15) is 9.13 Å². The molecule has 7 nitrogen and oxygen atoms in total. The third-order valence-corrected chi connectivity index (χ3v) is 3.43. The lowest BCUT2D eigenvalue weighted by atomic mass is 10.2. The van der Waals surface area contributed by atoms with Gasteiger partial charge in [-0.2, -0.15) is 0 Å². The van der Waals surface area contributed by atoms with Crippen LogP contribution in [0.1, 0.15) is 5.56 Å². The highest BCUT2D eigenvalue weighted by atomic mass is 31.2. The minimum atomic E-state index is -4.47. The Labute approximate surface area is 91.2 Å². The molecule has 0 bridgehead atoms. The van der Waals surface area contributed by atoms with Crippen LogP contribution in [0.15, 0.2) is 18.2 Å². The summed E-state index contributed by atoms with van der Waals surface area (Å²) in [7, 11) is -8.76. The molecule has 6 N–H and O–H groups in total. The van der Waals surface area contributed by atoms with Gasteiger partial charge in [0, 0.05) is 5.69 Å². The lowest BCUT2D eigenvalue weighted by Crippen LogP contribution is -2.07. The molecule has 0 saturated heterocycles. The lowest BCUT2D eigenvalue weighted by Gasteiger charge is -2.09. The number of benzene rings is 1. The maximum absolute atomic E-state index is 10.9. The minimum Gasteiger partial charge on any atom is -0.399 e. The van der Waals surface area contributed by atoms with Crippen LogP contribution in [0.4, 0.5) is 5.69 Å². The van der Waals surface area contributed by atoms with Gasteiger partial charge in [-0.15, -0.1) is 0 Å². The standard InChI is InChI=1S/C7H11NO6P2/c8-6-1-5(4-15(9,10)11)2-7(3-6)16(12,13)14/h1-3H,4,8H2,(H2,9,10,11)(H2,12,13,14). The van der Waals surface area contributed by atoms with Gasteiger partial charge < -0.3 is 25.3 Å².